The molecule has 3 nitrogen and oxygen atoms in total. The molecule has 0 aliphatic carbocycles. The van der Waals surface area contributed by atoms with Gasteiger partial charge >= 0.3 is 0 Å². The molecule has 0 aliphatic heterocycles. The number of rotatable bonds is 0. The molecular weight excluding hydrogens is 256 g/mol. The number of fused-ring (bicyclic) bond motifs is 1. The highest BCUT2D eigenvalue weighted by Crippen LogP contribution is 2.39. The van der Waals surface area contributed by atoms with Crippen LogP contribution in [0.2, 0.25) is 15.1 Å². The lowest BCUT2D eigenvalue weighted by Crippen LogP contribution is -1.98. The first-order chi connectivity index (χ1) is 7.02. The molecule has 15 heavy (non-hydrogen) atoms. The number of pyridine rings is 1. The fourth-order valence-corrected chi connectivity index (χ4v) is 2.06. The van der Waals surface area contributed by atoms with E-state index in [4.69, 9.17) is 46.3 Å². The van der Waals surface area contributed by atoms with E-state index in [9.17, 15) is 0 Å². The van der Waals surface area contributed by atoms with Crippen LogP contribution in [0.15, 0.2) is 12.3 Å². The monoisotopic (exact) mass is 261 g/mol. The molecule has 0 radical (unpaired) electrons. The number of anilines is 2. The van der Waals surface area contributed by atoms with E-state index in [0.717, 1.165) is 0 Å². The van der Waals surface area contributed by atoms with Gasteiger partial charge in [-0.3, -0.25) is 4.98 Å². The van der Waals surface area contributed by atoms with Gasteiger partial charge in [-0.1, -0.05) is 34.8 Å². The molecule has 2 rings (SSSR count). The van der Waals surface area contributed by atoms with Crippen molar-refractivity contribution in [2.75, 3.05) is 11.5 Å². The van der Waals surface area contributed by atoms with Crippen LogP contribution in [-0.4, -0.2) is 4.98 Å². The van der Waals surface area contributed by atoms with E-state index in [1.165, 1.54) is 12.3 Å². The Kier molecular flexibility index (Phi) is 2.54. The molecule has 0 fully saturated rings. The first-order valence-corrected chi connectivity index (χ1v) is 5.13. The van der Waals surface area contributed by atoms with E-state index in [2.05, 4.69) is 4.98 Å². The summed E-state index contributed by atoms with van der Waals surface area (Å²) in [6, 6.07) is 1.52. The first kappa shape index (κ1) is 10.6. The average Bonchev–Trinajstić information content (AvgIpc) is 2.19. The Morgan fingerprint density at radius 1 is 1.07 bits per heavy atom. The second kappa shape index (κ2) is 3.59. The average molecular weight is 263 g/mol. The summed E-state index contributed by atoms with van der Waals surface area (Å²) >= 11 is 17.8. The molecule has 0 saturated heterocycles. The van der Waals surface area contributed by atoms with Crippen molar-refractivity contribution in [3.8, 4) is 0 Å². The highest BCUT2D eigenvalue weighted by atomic mass is 35.5. The van der Waals surface area contributed by atoms with Gasteiger partial charge in [-0.05, 0) is 6.07 Å². The lowest BCUT2D eigenvalue weighted by molar-refractivity contribution is 1.41. The number of hydrogen-bond acceptors (Lipinski definition) is 3. The number of nitrogens with two attached hydrogens (primary N) is 2. The Labute approximate surface area is 101 Å². The number of halogens is 3. The van der Waals surface area contributed by atoms with E-state index in [0.29, 0.717) is 37.3 Å². The number of hydrogen-bond donors (Lipinski definition) is 2. The van der Waals surface area contributed by atoms with Crippen LogP contribution in [0.1, 0.15) is 0 Å². The van der Waals surface area contributed by atoms with Gasteiger partial charge in [0.05, 0.1) is 38.2 Å². The predicted molar refractivity (Wildman–Crippen MR) is 65.6 cm³/mol. The SMILES string of the molecule is Nc1cnc2c(Cl)cc(Cl)c(Cl)c2c1N. The number of nitrogen functional groups attached to an aromatic ring is 2. The largest absolute Gasteiger partial charge is 0.396 e. The highest BCUT2D eigenvalue weighted by molar-refractivity contribution is 6.48. The van der Waals surface area contributed by atoms with Crippen molar-refractivity contribution in [2.45, 2.75) is 0 Å². The maximum absolute atomic E-state index is 6.01. The maximum atomic E-state index is 6.01. The van der Waals surface area contributed by atoms with Crippen molar-refractivity contribution in [2.24, 2.45) is 0 Å². The van der Waals surface area contributed by atoms with E-state index < -0.39 is 0 Å². The van der Waals surface area contributed by atoms with Crippen LogP contribution in [0, 0.1) is 0 Å². The summed E-state index contributed by atoms with van der Waals surface area (Å²) in [6.45, 7) is 0. The lowest BCUT2D eigenvalue weighted by Gasteiger charge is -2.08. The van der Waals surface area contributed by atoms with Crippen LogP contribution in [0.3, 0.4) is 0 Å². The lowest BCUT2D eigenvalue weighted by atomic mass is 10.1. The quantitative estimate of drug-likeness (QED) is 0.716. The molecule has 1 heterocycles. The predicted octanol–water partition coefficient (Wildman–Crippen LogP) is 3.36. The summed E-state index contributed by atoms with van der Waals surface area (Å²) in [5.74, 6) is 0. The molecule has 4 N–H and O–H groups in total. The van der Waals surface area contributed by atoms with Crippen LogP contribution in [-0.2, 0) is 0 Å². The maximum Gasteiger partial charge on any atom is 0.0926 e. The molecule has 0 atom stereocenters. The molecule has 2 aromatic rings. The molecule has 0 unspecified atom stereocenters. The van der Waals surface area contributed by atoms with Crippen molar-refractivity contribution in [3.05, 3.63) is 27.3 Å². The van der Waals surface area contributed by atoms with Gasteiger partial charge in [-0.15, -0.1) is 0 Å². The smallest absolute Gasteiger partial charge is 0.0926 e. The Morgan fingerprint density at radius 2 is 1.73 bits per heavy atom. The van der Waals surface area contributed by atoms with Crippen molar-refractivity contribution in [1.29, 1.82) is 0 Å². The van der Waals surface area contributed by atoms with Gasteiger partial charge in [0.15, 0.2) is 0 Å². The Hall–Kier alpha value is -0.900. The summed E-state index contributed by atoms with van der Waals surface area (Å²) in [5.41, 5.74) is 12.6. The van der Waals surface area contributed by atoms with Crippen molar-refractivity contribution >= 4 is 57.1 Å². The first-order valence-electron chi connectivity index (χ1n) is 3.99. The van der Waals surface area contributed by atoms with Crippen LogP contribution in [0.25, 0.3) is 10.9 Å². The van der Waals surface area contributed by atoms with Crippen molar-refractivity contribution in [1.82, 2.24) is 4.98 Å². The summed E-state index contributed by atoms with van der Waals surface area (Å²) in [6.07, 6.45) is 1.44. The molecule has 0 amide bonds. The van der Waals surface area contributed by atoms with Gasteiger partial charge in [0.2, 0.25) is 0 Å². The van der Waals surface area contributed by atoms with Crippen molar-refractivity contribution in [3.63, 3.8) is 0 Å². The normalized spacial score (nSPS) is 10.9. The summed E-state index contributed by atoms with van der Waals surface area (Å²) in [7, 11) is 0. The Morgan fingerprint density at radius 3 is 2.40 bits per heavy atom. The van der Waals surface area contributed by atoms with Gasteiger partial charge in [0.1, 0.15) is 0 Å². The zero-order valence-electron chi connectivity index (χ0n) is 7.39. The minimum Gasteiger partial charge on any atom is -0.396 e. The third-order valence-corrected chi connectivity index (χ3v) is 3.13. The molecule has 78 valence electrons. The molecule has 0 bridgehead atoms. The van der Waals surface area contributed by atoms with E-state index in [-0.39, 0.29) is 0 Å². The van der Waals surface area contributed by atoms with Gasteiger partial charge in [-0.25, -0.2) is 0 Å². The highest BCUT2D eigenvalue weighted by Gasteiger charge is 2.13. The number of aromatic nitrogens is 1. The summed E-state index contributed by atoms with van der Waals surface area (Å²) in [4.78, 5) is 4.06. The molecule has 1 aromatic heterocycles. The third kappa shape index (κ3) is 1.57. The molecule has 0 aliphatic rings. The Balaban J connectivity index is 3.04. The molecule has 0 saturated carbocycles. The van der Waals surface area contributed by atoms with Crippen molar-refractivity contribution < 1.29 is 0 Å². The second-order valence-electron chi connectivity index (χ2n) is 3.01. The topological polar surface area (TPSA) is 64.9 Å². The van der Waals surface area contributed by atoms with Crippen LogP contribution >= 0.6 is 34.8 Å². The van der Waals surface area contributed by atoms with Crippen LogP contribution in [0.4, 0.5) is 11.4 Å². The van der Waals surface area contributed by atoms with E-state index in [1.807, 2.05) is 0 Å². The van der Waals surface area contributed by atoms with Gasteiger partial charge in [0.25, 0.3) is 0 Å². The molecule has 1 aromatic carbocycles. The van der Waals surface area contributed by atoms with E-state index >= 15 is 0 Å². The van der Waals surface area contributed by atoms with Gasteiger partial charge in [-0.2, -0.15) is 0 Å². The minimum absolute atomic E-state index is 0.313. The van der Waals surface area contributed by atoms with Crippen LogP contribution < -0.4 is 11.5 Å². The fraction of sp³-hybridized carbons (Fsp3) is 0. The zero-order valence-corrected chi connectivity index (χ0v) is 9.66. The fourth-order valence-electron chi connectivity index (χ4n) is 1.31. The van der Waals surface area contributed by atoms with Gasteiger partial charge in [0, 0.05) is 5.39 Å². The number of benzene rings is 1. The molecular formula is C9H6Cl3N3. The standard InChI is InChI=1S/C9H6Cl3N3/c10-3-1-4(11)9-6(7(3)12)8(14)5(13)2-15-9/h1-2H,13H2,(H2,14,15). The summed E-state index contributed by atoms with van der Waals surface area (Å²) in [5, 5.41) is 1.53. The molecule has 0 spiro atoms. The Bertz CT molecular complexity index is 546. The summed E-state index contributed by atoms with van der Waals surface area (Å²) < 4.78 is 0. The number of nitrogens with zero attached hydrogens (tertiary/aromatic N) is 1. The zero-order chi connectivity index (χ0) is 11.2. The second-order valence-corrected chi connectivity index (χ2v) is 4.20. The third-order valence-electron chi connectivity index (χ3n) is 2.06. The van der Waals surface area contributed by atoms with Crippen LogP contribution in [0.5, 0.6) is 0 Å². The molecule has 6 heteroatoms. The minimum atomic E-state index is 0.313. The van der Waals surface area contributed by atoms with Gasteiger partial charge < -0.3 is 11.5 Å². The van der Waals surface area contributed by atoms with E-state index in [1.54, 1.807) is 0 Å².